The molecular weight excluding hydrogens is 290 g/mol. The minimum absolute atomic E-state index is 0.0201. The van der Waals surface area contributed by atoms with Gasteiger partial charge in [-0.05, 0) is 13.0 Å². The van der Waals surface area contributed by atoms with Gasteiger partial charge in [0.2, 0.25) is 5.91 Å². The first-order chi connectivity index (χ1) is 11.1. The van der Waals surface area contributed by atoms with Gasteiger partial charge in [0.1, 0.15) is 11.9 Å². The lowest BCUT2D eigenvalue weighted by Crippen LogP contribution is -2.36. The Morgan fingerprint density at radius 2 is 2.22 bits per heavy atom. The Hall–Kier alpha value is -2.35. The molecule has 1 atom stereocenters. The average Bonchev–Trinajstić information content (AvgIpc) is 3.33. The molecule has 0 N–H and O–H groups in total. The highest BCUT2D eigenvalue weighted by Crippen LogP contribution is 2.38. The van der Waals surface area contributed by atoms with Crippen molar-refractivity contribution in [3.8, 4) is 18.1 Å². The normalized spacial score (nSPS) is 20.9. The molecule has 0 saturated heterocycles. The monoisotopic (exact) mass is 311 g/mol. The minimum atomic E-state index is -0.395. The van der Waals surface area contributed by atoms with Gasteiger partial charge in [-0.2, -0.15) is 10.2 Å². The van der Waals surface area contributed by atoms with Gasteiger partial charge in [-0.15, -0.1) is 12.3 Å². The molecule has 0 aromatic heterocycles. The highest BCUT2D eigenvalue weighted by atomic mass is 16.5. The van der Waals surface area contributed by atoms with Crippen molar-refractivity contribution in [1.29, 1.82) is 0 Å². The summed E-state index contributed by atoms with van der Waals surface area (Å²) in [6.45, 7) is 3.17. The van der Waals surface area contributed by atoms with Crippen molar-refractivity contribution in [2.24, 2.45) is 10.2 Å². The van der Waals surface area contributed by atoms with Gasteiger partial charge in [-0.25, -0.2) is 0 Å². The molecule has 5 nitrogen and oxygen atoms in total. The van der Waals surface area contributed by atoms with Crippen molar-refractivity contribution in [3.63, 3.8) is 0 Å². The van der Waals surface area contributed by atoms with E-state index in [-0.39, 0.29) is 12.0 Å². The van der Waals surface area contributed by atoms with Crippen LogP contribution in [-0.2, 0) is 11.3 Å². The van der Waals surface area contributed by atoms with Crippen LogP contribution in [0.5, 0.6) is 5.75 Å². The van der Waals surface area contributed by atoms with Crippen LogP contribution in [0.3, 0.4) is 0 Å². The number of para-hydroxylation sites is 1. The van der Waals surface area contributed by atoms with Gasteiger partial charge in [-0.3, -0.25) is 4.79 Å². The number of ether oxygens (including phenoxy) is 1. The number of benzene rings is 1. The van der Waals surface area contributed by atoms with Crippen molar-refractivity contribution < 1.29 is 9.53 Å². The largest absolute Gasteiger partial charge is 0.489 e. The lowest BCUT2D eigenvalue weighted by Gasteiger charge is -2.22. The molecule has 0 spiro atoms. The second-order valence-corrected chi connectivity index (χ2v) is 6.20. The Labute approximate surface area is 136 Å². The maximum absolute atomic E-state index is 12.6. The number of terminal acetylenes is 1. The zero-order valence-corrected chi connectivity index (χ0v) is 13.4. The second-order valence-electron chi connectivity index (χ2n) is 6.20. The first-order valence-corrected chi connectivity index (χ1v) is 8.02. The summed E-state index contributed by atoms with van der Waals surface area (Å²) in [5, 5.41) is 8.18. The molecule has 23 heavy (non-hydrogen) atoms. The van der Waals surface area contributed by atoms with E-state index in [0.29, 0.717) is 32.4 Å². The number of hydrogen-bond acceptors (Lipinski definition) is 4. The van der Waals surface area contributed by atoms with Gasteiger partial charge >= 0.3 is 0 Å². The number of fused-ring (bicyclic) bond motifs is 1. The zero-order chi connectivity index (χ0) is 16.3. The first kappa shape index (κ1) is 15.5. The molecule has 2 aliphatic heterocycles. The summed E-state index contributed by atoms with van der Waals surface area (Å²) in [5.74, 6) is 3.60. The third-order valence-corrected chi connectivity index (χ3v) is 4.28. The molecule has 0 bridgehead atoms. The molecular formula is C18H21N3O2. The van der Waals surface area contributed by atoms with Crippen LogP contribution in [0, 0.1) is 12.3 Å². The molecule has 2 heterocycles. The van der Waals surface area contributed by atoms with E-state index in [1.807, 2.05) is 36.1 Å². The number of amides is 1. The molecule has 1 aromatic rings. The molecule has 0 fully saturated rings. The lowest BCUT2D eigenvalue weighted by molar-refractivity contribution is -0.132. The maximum atomic E-state index is 12.6. The van der Waals surface area contributed by atoms with E-state index in [9.17, 15) is 4.79 Å². The minimum Gasteiger partial charge on any atom is -0.489 e. The number of carbonyl (C=O) groups excluding carboxylic acids is 1. The van der Waals surface area contributed by atoms with Crippen LogP contribution in [0.25, 0.3) is 0 Å². The van der Waals surface area contributed by atoms with E-state index in [1.165, 1.54) is 0 Å². The van der Waals surface area contributed by atoms with Crippen LogP contribution in [0.15, 0.2) is 34.5 Å². The highest BCUT2D eigenvalue weighted by Gasteiger charge is 2.39. The van der Waals surface area contributed by atoms with Crippen LogP contribution >= 0.6 is 0 Å². The molecule has 5 heteroatoms. The lowest BCUT2D eigenvalue weighted by atomic mass is 10.0. The van der Waals surface area contributed by atoms with Crippen molar-refractivity contribution in [2.45, 2.75) is 50.9 Å². The third kappa shape index (κ3) is 3.70. The maximum Gasteiger partial charge on any atom is 0.223 e. The molecule has 0 radical (unpaired) electrons. The van der Waals surface area contributed by atoms with Crippen molar-refractivity contribution in [2.75, 3.05) is 6.54 Å². The van der Waals surface area contributed by atoms with Gasteiger partial charge in [0, 0.05) is 37.8 Å². The molecule has 120 valence electrons. The SMILES string of the molecule is C#CCCC1(CCC(=O)N2Cc3ccccc3OC(C)C2)N=N1. The van der Waals surface area contributed by atoms with Crippen molar-refractivity contribution in [3.05, 3.63) is 29.8 Å². The Bertz CT molecular complexity index is 656. The molecule has 2 aliphatic rings. The van der Waals surface area contributed by atoms with E-state index in [0.717, 1.165) is 17.7 Å². The Balaban J connectivity index is 1.60. The van der Waals surface area contributed by atoms with Crippen LogP contribution < -0.4 is 4.74 Å². The summed E-state index contributed by atoms with van der Waals surface area (Å²) in [5.41, 5.74) is 0.654. The molecule has 1 aromatic carbocycles. The summed E-state index contributed by atoms with van der Waals surface area (Å²) in [6, 6.07) is 7.89. The number of rotatable bonds is 5. The Morgan fingerprint density at radius 3 is 2.96 bits per heavy atom. The van der Waals surface area contributed by atoms with Crippen LogP contribution in [0.2, 0.25) is 0 Å². The Morgan fingerprint density at radius 1 is 1.43 bits per heavy atom. The average molecular weight is 311 g/mol. The molecule has 3 rings (SSSR count). The fraction of sp³-hybridized carbons (Fsp3) is 0.500. The highest BCUT2D eigenvalue weighted by molar-refractivity contribution is 5.76. The summed E-state index contributed by atoms with van der Waals surface area (Å²) < 4.78 is 5.89. The molecule has 0 aliphatic carbocycles. The van der Waals surface area contributed by atoms with E-state index in [2.05, 4.69) is 16.1 Å². The third-order valence-electron chi connectivity index (χ3n) is 4.28. The molecule has 1 amide bonds. The smallest absolute Gasteiger partial charge is 0.223 e. The predicted molar refractivity (Wildman–Crippen MR) is 86.8 cm³/mol. The first-order valence-electron chi connectivity index (χ1n) is 8.02. The van der Waals surface area contributed by atoms with Crippen molar-refractivity contribution >= 4 is 5.91 Å². The topological polar surface area (TPSA) is 54.3 Å². The standard InChI is InChI=1S/C18H21N3O2/c1-3-4-10-18(19-20-18)11-9-17(22)21-12-14(2)23-16-8-6-5-7-15(16)13-21/h1,5-8,14H,4,9-13H2,2H3. The quantitative estimate of drug-likeness (QED) is 0.784. The van der Waals surface area contributed by atoms with E-state index in [1.54, 1.807) is 0 Å². The fourth-order valence-corrected chi connectivity index (χ4v) is 2.91. The predicted octanol–water partition coefficient (Wildman–Crippen LogP) is 3.15. The number of carbonyl (C=O) groups is 1. The van der Waals surface area contributed by atoms with Gasteiger partial charge < -0.3 is 9.64 Å². The summed E-state index contributed by atoms with van der Waals surface area (Å²) in [6.07, 6.45) is 7.73. The number of nitrogens with zero attached hydrogens (tertiary/aromatic N) is 3. The van der Waals surface area contributed by atoms with E-state index >= 15 is 0 Å². The van der Waals surface area contributed by atoms with Crippen LogP contribution in [0.1, 0.15) is 38.2 Å². The number of hydrogen-bond donors (Lipinski definition) is 0. The summed E-state index contributed by atoms with van der Waals surface area (Å²) in [4.78, 5) is 14.5. The van der Waals surface area contributed by atoms with E-state index < -0.39 is 5.66 Å². The molecule has 1 unspecified atom stereocenters. The summed E-state index contributed by atoms with van der Waals surface area (Å²) >= 11 is 0. The van der Waals surface area contributed by atoms with Gasteiger partial charge in [0.25, 0.3) is 0 Å². The van der Waals surface area contributed by atoms with Gasteiger partial charge in [-0.1, -0.05) is 18.2 Å². The van der Waals surface area contributed by atoms with Crippen LogP contribution in [0.4, 0.5) is 0 Å². The zero-order valence-electron chi connectivity index (χ0n) is 13.4. The van der Waals surface area contributed by atoms with Crippen molar-refractivity contribution in [1.82, 2.24) is 4.90 Å². The second kappa shape index (κ2) is 6.41. The Kier molecular flexibility index (Phi) is 4.33. The van der Waals surface area contributed by atoms with Gasteiger partial charge in [0.05, 0.1) is 6.54 Å². The molecule has 0 saturated carbocycles. The van der Waals surface area contributed by atoms with E-state index in [4.69, 9.17) is 11.2 Å². The fourth-order valence-electron chi connectivity index (χ4n) is 2.91. The van der Waals surface area contributed by atoms with Gasteiger partial charge in [0.15, 0.2) is 5.66 Å². The summed E-state index contributed by atoms with van der Waals surface area (Å²) in [7, 11) is 0. The van der Waals surface area contributed by atoms with Crippen LogP contribution in [-0.4, -0.2) is 29.1 Å².